The number of sulfonamides is 1. The van der Waals surface area contributed by atoms with Crippen molar-refractivity contribution < 1.29 is 8.42 Å². The number of aryl methyl sites for hydroxylation is 1. The molecule has 0 bridgehead atoms. The Balaban J connectivity index is 1.70. The number of aromatic nitrogens is 4. The average Bonchev–Trinajstić information content (AvgIpc) is 3.47. The average molecular weight is 419 g/mol. The molecule has 1 atom stereocenters. The van der Waals surface area contributed by atoms with Crippen LogP contribution in [0.4, 0.5) is 0 Å². The monoisotopic (exact) mass is 418 g/mol. The third-order valence-electron chi connectivity index (χ3n) is 6.62. The van der Waals surface area contributed by atoms with E-state index in [0.29, 0.717) is 36.9 Å². The third kappa shape index (κ3) is 3.39. The van der Waals surface area contributed by atoms with E-state index in [2.05, 4.69) is 20.4 Å². The summed E-state index contributed by atoms with van der Waals surface area (Å²) in [5.41, 5.74) is 0.325. The number of likely N-dealkylation sites (N-methyl/N-ethyl adjacent to an activating group) is 1. The van der Waals surface area contributed by atoms with E-state index >= 15 is 0 Å². The second-order valence-corrected chi connectivity index (χ2v) is 10.3. The quantitative estimate of drug-likeness (QED) is 0.715. The fourth-order valence-corrected chi connectivity index (χ4v) is 6.58. The van der Waals surface area contributed by atoms with Crippen LogP contribution in [0.5, 0.6) is 0 Å². The number of rotatable bonds is 6. The van der Waals surface area contributed by atoms with E-state index in [1.54, 1.807) is 16.4 Å². The van der Waals surface area contributed by atoms with E-state index in [-0.39, 0.29) is 0 Å². The van der Waals surface area contributed by atoms with Crippen LogP contribution in [0.2, 0.25) is 0 Å². The molecule has 158 valence electrons. The summed E-state index contributed by atoms with van der Waals surface area (Å²) < 4.78 is 30.5. The molecule has 0 N–H and O–H groups in total. The third-order valence-corrected chi connectivity index (χ3v) is 8.57. The Hall–Kier alpha value is -1.84. The molecule has 1 aromatic carbocycles. The molecular weight excluding hydrogens is 388 g/mol. The summed E-state index contributed by atoms with van der Waals surface area (Å²) in [6.45, 7) is 2.79. The Morgan fingerprint density at radius 1 is 1.21 bits per heavy atom. The normalized spacial score (nSPS) is 24.0. The Kier molecular flexibility index (Phi) is 5.48. The van der Waals surface area contributed by atoms with Crippen molar-refractivity contribution in [1.82, 2.24) is 29.4 Å². The van der Waals surface area contributed by atoms with Gasteiger partial charge in [0.2, 0.25) is 10.0 Å². The molecule has 1 saturated carbocycles. The lowest BCUT2D eigenvalue weighted by molar-refractivity contribution is 0.144. The van der Waals surface area contributed by atoms with E-state index in [4.69, 9.17) is 0 Å². The van der Waals surface area contributed by atoms with Gasteiger partial charge in [0.25, 0.3) is 0 Å². The zero-order valence-electron chi connectivity index (χ0n) is 17.5. The molecule has 0 amide bonds. The SMILES string of the molecule is CCc1ccccc1S(=O)(=O)N1CCC(c2nnnn2C2CCCC2)(N(C)C)C1. The molecule has 1 aliphatic heterocycles. The van der Waals surface area contributed by atoms with Crippen LogP contribution in [-0.4, -0.2) is 65.0 Å². The van der Waals surface area contributed by atoms with Crippen molar-refractivity contribution in [2.75, 3.05) is 27.2 Å². The molecule has 1 unspecified atom stereocenters. The van der Waals surface area contributed by atoms with Crippen LogP contribution in [0.25, 0.3) is 0 Å². The second-order valence-electron chi connectivity index (χ2n) is 8.36. The van der Waals surface area contributed by atoms with E-state index in [1.807, 2.05) is 37.8 Å². The highest BCUT2D eigenvalue weighted by Crippen LogP contribution is 2.40. The van der Waals surface area contributed by atoms with Gasteiger partial charge in [-0.2, -0.15) is 4.31 Å². The highest BCUT2D eigenvalue weighted by atomic mass is 32.2. The Morgan fingerprint density at radius 2 is 1.93 bits per heavy atom. The Morgan fingerprint density at radius 3 is 2.62 bits per heavy atom. The minimum atomic E-state index is -3.58. The number of nitrogens with zero attached hydrogens (tertiary/aromatic N) is 6. The van der Waals surface area contributed by atoms with Crippen molar-refractivity contribution in [3.05, 3.63) is 35.7 Å². The molecule has 1 aliphatic carbocycles. The van der Waals surface area contributed by atoms with Gasteiger partial charge in [-0.3, -0.25) is 4.90 Å². The zero-order chi connectivity index (χ0) is 20.6. The Labute approximate surface area is 172 Å². The molecule has 2 heterocycles. The van der Waals surface area contributed by atoms with Gasteiger partial charge in [0.15, 0.2) is 5.82 Å². The second kappa shape index (κ2) is 7.77. The molecule has 9 heteroatoms. The smallest absolute Gasteiger partial charge is 0.243 e. The van der Waals surface area contributed by atoms with Gasteiger partial charge in [-0.1, -0.05) is 38.0 Å². The largest absolute Gasteiger partial charge is 0.296 e. The van der Waals surface area contributed by atoms with E-state index in [1.165, 1.54) is 12.8 Å². The summed E-state index contributed by atoms with van der Waals surface area (Å²) in [4.78, 5) is 2.50. The van der Waals surface area contributed by atoms with Crippen LogP contribution in [0.15, 0.2) is 29.2 Å². The van der Waals surface area contributed by atoms with Crippen molar-refractivity contribution in [1.29, 1.82) is 0 Å². The van der Waals surface area contributed by atoms with Crippen LogP contribution in [-0.2, 0) is 22.0 Å². The molecule has 2 aromatic rings. The molecule has 1 saturated heterocycles. The Bertz CT molecular complexity index is 967. The van der Waals surface area contributed by atoms with Gasteiger partial charge >= 0.3 is 0 Å². The molecule has 4 rings (SSSR count). The molecule has 2 fully saturated rings. The van der Waals surface area contributed by atoms with Crippen molar-refractivity contribution in [3.8, 4) is 0 Å². The first-order valence-electron chi connectivity index (χ1n) is 10.4. The van der Waals surface area contributed by atoms with Crippen molar-refractivity contribution in [3.63, 3.8) is 0 Å². The first kappa shape index (κ1) is 20.4. The van der Waals surface area contributed by atoms with Gasteiger partial charge < -0.3 is 0 Å². The zero-order valence-corrected chi connectivity index (χ0v) is 18.3. The first-order valence-corrected chi connectivity index (χ1v) is 11.9. The fraction of sp³-hybridized carbons (Fsp3) is 0.650. The summed E-state index contributed by atoms with van der Waals surface area (Å²) >= 11 is 0. The number of tetrazole rings is 1. The summed E-state index contributed by atoms with van der Waals surface area (Å²) in [6.07, 6.45) is 5.88. The first-order chi connectivity index (χ1) is 13.9. The van der Waals surface area contributed by atoms with Crippen molar-refractivity contribution in [2.24, 2.45) is 0 Å². The molecule has 0 spiro atoms. The van der Waals surface area contributed by atoms with Crippen LogP contribution < -0.4 is 0 Å². The maximum atomic E-state index is 13.5. The predicted octanol–water partition coefficient (Wildman–Crippen LogP) is 2.20. The highest BCUT2D eigenvalue weighted by Gasteiger charge is 2.50. The standard InChI is InChI=1S/C20H30N6O2S/c1-4-16-9-5-8-12-18(16)29(27,28)25-14-13-20(15-25,24(2)3)19-21-22-23-26(19)17-10-6-7-11-17/h5,8-9,12,17H,4,6-7,10-11,13-15H2,1-3H3. The summed E-state index contributed by atoms with van der Waals surface area (Å²) in [5, 5.41) is 12.7. The minimum absolute atomic E-state index is 0.309. The van der Waals surface area contributed by atoms with E-state index < -0.39 is 15.6 Å². The molecular formula is C20H30N6O2S. The lowest BCUT2D eigenvalue weighted by Gasteiger charge is -2.35. The van der Waals surface area contributed by atoms with Gasteiger partial charge in [0.05, 0.1) is 16.5 Å². The van der Waals surface area contributed by atoms with E-state index in [9.17, 15) is 8.42 Å². The van der Waals surface area contributed by atoms with Crippen LogP contribution in [0.1, 0.15) is 56.5 Å². The lowest BCUT2D eigenvalue weighted by Crippen LogP contribution is -2.47. The van der Waals surface area contributed by atoms with Gasteiger partial charge in [-0.15, -0.1) is 5.10 Å². The van der Waals surface area contributed by atoms with E-state index in [0.717, 1.165) is 24.2 Å². The molecule has 8 nitrogen and oxygen atoms in total. The maximum absolute atomic E-state index is 13.5. The van der Waals surface area contributed by atoms with Crippen LogP contribution in [0.3, 0.4) is 0 Å². The fourth-order valence-electron chi connectivity index (χ4n) is 4.79. The topological polar surface area (TPSA) is 84.2 Å². The number of hydrogen-bond acceptors (Lipinski definition) is 6. The van der Waals surface area contributed by atoms with Gasteiger partial charge in [-0.25, -0.2) is 13.1 Å². The molecule has 0 radical (unpaired) electrons. The van der Waals surface area contributed by atoms with Gasteiger partial charge in [-0.05, 0) is 61.8 Å². The summed E-state index contributed by atoms with van der Waals surface area (Å²) in [6, 6.07) is 7.60. The number of hydrogen-bond donors (Lipinski definition) is 0. The molecule has 29 heavy (non-hydrogen) atoms. The molecule has 1 aromatic heterocycles. The van der Waals surface area contributed by atoms with Crippen LogP contribution in [0, 0.1) is 0 Å². The maximum Gasteiger partial charge on any atom is 0.243 e. The minimum Gasteiger partial charge on any atom is -0.296 e. The van der Waals surface area contributed by atoms with Crippen molar-refractivity contribution >= 4 is 10.0 Å². The highest BCUT2D eigenvalue weighted by molar-refractivity contribution is 7.89. The lowest BCUT2D eigenvalue weighted by atomic mass is 9.95. The van der Waals surface area contributed by atoms with Gasteiger partial charge in [0.1, 0.15) is 0 Å². The summed E-state index contributed by atoms with van der Waals surface area (Å²) in [7, 11) is 0.400. The van der Waals surface area contributed by atoms with Crippen molar-refractivity contribution in [2.45, 2.75) is 61.9 Å². The predicted molar refractivity (Wildman–Crippen MR) is 110 cm³/mol. The van der Waals surface area contributed by atoms with Crippen LogP contribution >= 0.6 is 0 Å². The van der Waals surface area contributed by atoms with Gasteiger partial charge in [0, 0.05) is 13.1 Å². The number of benzene rings is 1. The molecule has 2 aliphatic rings. The summed E-state index contributed by atoms with van der Waals surface area (Å²) in [5.74, 6) is 0.788.